The van der Waals surface area contributed by atoms with Crippen LogP contribution in [0.3, 0.4) is 0 Å². The van der Waals surface area contributed by atoms with Crippen molar-refractivity contribution in [3.63, 3.8) is 0 Å². The average Bonchev–Trinajstić information content (AvgIpc) is 0.995. The largest absolute Gasteiger partial charge is 1.00 e. The number of aromatic nitrogens is 3. The summed E-state index contributed by atoms with van der Waals surface area (Å²) >= 11 is 0. The summed E-state index contributed by atoms with van der Waals surface area (Å²) in [7, 11) is -20.4. The Labute approximate surface area is 615 Å². The number of azo groups is 1. The molecule has 0 bridgehead atoms. The number of aryl methyl sites for hydroxylation is 1. The zero-order chi connectivity index (χ0) is 60.6. The van der Waals surface area contributed by atoms with Crippen LogP contribution in [0.1, 0.15) is 21.5 Å². The maximum absolute atomic E-state index is 14.7. The molecule has 7 aromatic rings. The SMILES string of the molecule is COc1cc(N=Nc2cc(S(=O)(=O)[O-])cc3cc(S(=O)(=O)[O-])cc([O-])c23)c(C)cc1NN=C1C(=O)c2c(cc(S(=O)(=O)[O-])cc2Nc2nc(Nc3ccccc3)nc(Nc3ccc(NN=C4C=CC(=O)C(C(=O)O)=C4)cc3)n2)C=C1S(=O)(=O)[O-].[Na+].[Na+].[Na+].[Na+].[Na+]. The molecule has 0 saturated carbocycles. The third kappa shape index (κ3) is 18.5. The van der Waals surface area contributed by atoms with Crippen LogP contribution in [0.4, 0.5) is 57.7 Å². The fourth-order valence-electron chi connectivity index (χ4n) is 7.97. The molecule has 2 aliphatic carbocycles. The van der Waals surface area contributed by atoms with Crippen LogP contribution in [0.25, 0.3) is 16.8 Å². The van der Waals surface area contributed by atoms with E-state index < -0.39 is 134 Å². The van der Waals surface area contributed by atoms with Crippen LogP contribution in [-0.2, 0) is 50.1 Å². The van der Waals surface area contributed by atoms with Gasteiger partial charge < -0.3 is 49.1 Å². The van der Waals surface area contributed by atoms with Gasteiger partial charge in [-0.1, -0.05) is 30.0 Å². The van der Waals surface area contributed by atoms with Crippen LogP contribution in [0, 0.1) is 6.92 Å². The quantitative estimate of drug-likeness (QED) is 0.0116. The third-order valence-corrected chi connectivity index (χ3v) is 15.1. The minimum absolute atomic E-state index is 0. The summed E-state index contributed by atoms with van der Waals surface area (Å²) in [5.74, 6) is -5.49. The fraction of sp³-hybridized carbons (Fsp3) is 0.0400. The molecule has 0 unspecified atom stereocenters. The van der Waals surface area contributed by atoms with Crippen LogP contribution in [0.5, 0.6) is 11.5 Å². The van der Waals surface area contributed by atoms with Gasteiger partial charge in [0.25, 0.3) is 0 Å². The predicted octanol–water partition coefficient (Wildman–Crippen LogP) is -9.74. The minimum atomic E-state index is -5.68. The zero-order valence-corrected chi connectivity index (χ0v) is 60.5. The Morgan fingerprint density at radius 2 is 1.12 bits per heavy atom. The number of anilines is 8. The molecule has 9 rings (SSSR count). The standard InChI is InChI=1S/C50H38N12O18S4.5Na/c1-24-14-36(41(80-2)23-35(24)59-61-38-21-32(82(71,72)73)15-25-16-33(83(74,75)76)22-40(64)43(25)38)60-62-45-42(84(77,78)79)18-26-17-31(81(68,69)70)20-37(44(26)46(45)65)53-50-55-48(51-27-6-4-3-5-7-27)54-49(56-50)52-28-8-10-29(11-9-28)57-58-30-12-13-39(63)34(19-30)47(66)67;;;;;/h3-23,57,60,64H,1-2H3,(H,66,67)(H,68,69,70)(H,71,72,73)(H,74,75,76)(H,77,78,79)(H3,51,52,53,54,55,56);;;;;/q;5*+1/p-5. The molecule has 30 nitrogen and oxygen atoms in total. The maximum atomic E-state index is 14.7. The van der Waals surface area contributed by atoms with E-state index in [-0.39, 0.29) is 188 Å². The van der Waals surface area contributed by atoms with E-state index in [1.54, 1.807) is 54.6 Å². The second-order valence-corrected chi connectivity index (χ2v) is 23.0. The number of hydrogen-bond acceptors (Lipinski definition) is 29. The number of hydrogen-bond donors (Lipinski definition) is 6. The summed E-state index contributed by atoms with van der Waals surface area (Å²) in [6.07, 6.45) is 4.08. The van der Waals surface area contributed by atoms with Gasteiger partial charge in [0.2, 0.25) is 23.6 Å². The molecule has 0 fully saturated rings. The monoisotopic (exact) mass is 1330 g/mol. The average molecular weight is 1330 g/mol. The van der Waals surface area contributed by atoms with Gasteiger partial charge in [0.15, 0.2) is 5.78 Å². The second kappa shape index (κ2) is 30.9. The van der Waals surface area contributed by atoms with E-state index in [9.17, 15) is 76.5 Å². The van der Waals surface area contributed by atoms with E-state index in [4.69, 9.17) is 4.74 Å². The number of aliphatic carboxylic acids is 1. The summed E-state index contributed by atoms with van der Waals surface area (Å²) in [6.45, 7) is 1.43. The van der Waals surface area contributed by atoms with E-state index in [1.165, 1.54) is 25.1 Å². The van der Waals surface area contributed by atoms with Crippen molar-refractivity contribution in [1.82, 2.24) is 15.0 Å². The predicted molar refractivity (Wildman–Crippen MR) is 292 cm³/mol. The molecule has 0 atom stereocenters. The number of carboxylic acid groups (broad SMARTS) is 1. The number of Topliss-reactive ketones (excluding diaryl/α,β-unsaturated/α-hetero) is 1. The number of fused-ring (bicyclic) bond motifs is 2. The van der Waals surface area contributed by atoms with Crippen molar-refractivity contribution in [3.05, 3.63) is 149 Å². The molecule has 0 amide bonds. The summed E-state index contributed by atoms with van der Waals surface area (Å²) in [5, 5.41) is 46.2. The number of ether oxygens (including phenoxy) is 1. The Kier molecular flexibility index (Phi) is 26.5. The van der Waals surface area contributed by atoms with E-state index in [0.717, 1.165) is 25.3 Å². The summed E-state index contributed by atoms with van der Waals surface area (Å²) in [6, 6.07) is 21.0. The van der Waals surface area contributed by atoms with Crippen molar-refractivity contribution >= 4 is 144 Å². The minimum Gasteiger partial charge on any atom is -0.872 e. The van der Waals surface area contributed by atoms with Crippen molar-refractivity contribution in [2.75, 3.05) is 33.9 Å². The van der Waals surface area contributed by atoms with Crippen molar-refractivity contribution in [2.24, 2.45) is 20.4 Å². The number of allylic oxidation sites excluding steroid dienone is 4. The molecular formula is C50H33N12Na5O18S4. The van der Waals surface area contributed by atoms with Crippen LogP contribution in [-0.4, -0.2) is 108 Å². The first-order valence-electron chi connectivity index (χ1n) is 23.3. The second-order valence-electron chi connectivity index (χ2n) is 17.5. The number of carbonyl (C=O) groups is 3. The molecule has 39 heteroatoms. The molecule has 1 heterocycles. The Morgan fingerprint density at radius 1 is 0.584 bits per heavy atom. The van der Waals surface area contributed by atoms with Gasteiger partial charge >= 0.3 is 154 Å². The molecule has 6 aromatic carbocycles. The van der Waals surface area contributed by atoms with Gasteiger partial charge in [0.1, 0.15) is 57.5 Å². The first-order valence-corrected chi connectivity index (χ1v) is 28.9. The molecular weight excluding hydrogens is 1300 g/mol. The molecule has 1 aromatic heterocycles. The molecule has 0 radical (unpaired) electrons. The number of nitrogens with zero attached hydrogens (tertiary/aromatic N) is 7. The van der Waals surface area contributed by atoms with Crippen molar-refractivity contribution in [2.45, 2.75) is 21.6 Å². The number of carbonyl (C=O) groups excluding carboxylic acids is 2. The smallest absolute Gasteiger partial charge is 0.872 e. The fourth-order valence-corrected chi connectivity index (χ4v) is 10.2. The molecule has 0 aliphatic heterocycles. The van der Waals surface area contributed by atoms with Crippen molar-refractivity contribution < 1.29 is 229 Å². The number of carboxylic acids is 1. The number of benzene rings is 6. The first-order chi connectivity index (χ1) is 39.5. The van der Waals surface area contributed by atoms with Crippen LogP contribution in [0.15, 0.2) is 167 Å². The van der Waals surface area contributed by atoms with Crippen LogP contribution < -0.4 is 184 Å². The molecule has 0 spiro atoms. The maximum Gasteiger partial charge on any atom is 1.00 e. The number of ketones is 2. The Morgan fingerprint density at radius 3 is 1.69 bits per heavy atom. The van der Waals surface area contributed by atoms with Gasteiger partial charge in [-0.05, 0) is 121 Å². The Bertz CT molecular complexity index is 4670. The van der Waals surface area contributed by atoms with E-state index in [0.29, 0.717) is 53.5 Å². The Balaban J connectivity index is 0.00000339. The van der Waals surface area contributed by atoms with Gasteiger partial charge in [0.05, 0.1) is 66.4 Å². The zero-order valence-electron chi connectivity index (χ0n) is 47.3. The number of methoxy groups -OCH3 is 1. The normalized spacial score (nSPS) is 13.9. The van der Waals surface area contributed by atoms with Crippen LogP contribution in [0.2, 0.25) is 0 Å². The van der Waals surface area contributed by atoms with Crippen LogP contribution >= 0.6 is 0 Å². The number of hydrazone groups is 2. The first kappa shape index (κ1) is 76.3. The van der Waals surface area contributed by atoms with E-state index in [1.807, 2.05) is 0 Å². The van der Waals surface area contributed by atoms with E-state index >= 15 is 0 Å². The van der Waals surface area contributed by atoms with Gasteiger partial charge in [-0.15, -0.1) is 5.11 Å². The third-order valence-electron chi connectivity index (χ3n) is 11.8. The molecule has 2 aliphatic rings. The molecule has 0 saturated heterocycles. The topological polar surface area (TPSA) is 481 Å². The van der Waals surface area contributed by atoms with E-state index in [2.05, 4.69) is 62.2 Å². The van der Waals surface area contributed by atoms with Gasteiger partial charge in [0, 0.05) is 22.8 Å². The summed E-state index contributed by atoms with van der Waals surface area (Å²) in [4.78, 5) is 46.8. The molecule has 430 valence electrons. The van der Waals surface area contributed by atoms with Crippen molar-refractivity contribution in [1.29, 1.82) is 0 Å². The summed E-state index contributed by atoms with van der Waals surface area (Å²) < 4.78 is 153. The van der Waals surface area contributed by atoms with Gasteiger partial charge in [-0.25, -0.2) is 38.5 Å². The number of para-hydroxylation sites is 1. The summed E-state index contributed by atoms with van der Waals surface area (Å²) in [5.41, 5.74) is 2.82. The number of nitrogens with one attached hydrogen (secondary N) is 5. The Hall–Kier alpha value is -5.20. The number of rotatable bonds is 18. The molecule has 6 N–H and O–H groups in total. The van der Waals surface area contributed by atoms with Gasteiger partial charge in [-0.2, -0.15) is 30.3 Å². The van der Waals surface area contributed by atoms with Crippen molar-refractivity contribution in [3.8, 4) is 11.5 Å². The molecule has 89 heavy (non-hydrogen) atoms. The van der Waals surface area contributed by atoms with Gasteiger partial charge in [-0.3, -0.25) is 20.4 Å².